The van der Waals surface area contributed by atoms with E-state index in [-0.39, 0.29) is 17.5 Å². The monoisotopic (exact) mass is 291 g/mol. The molecule has 6 heteroatoms. The van der Waals surface area contributed by atoms with E-state index in [1.54, 1.807) is 26.1 Å². The van der Waals surface area contributed by atoms with Gasteiger partial charge in [-0.3, -0.25) is 4.79 Å². The van der Waals surface area contributed by atoms with Gasteiger partial charge in [-0.05, 0) is 19.1 Å². The average molecular weight is 291 g/mol. The van der Waals surface area contributed by atoms with E-state index in [9.17, 15) is 9.18 Å². The van der Waals surface area contributed by atoms with Crippen molar-refractivity contribution in [2.75, 3.05) is 19.3 Å². The van der Waals surface area contributed by atoms with E-state index in [1.807, 2.05) is 0 Å². The fourth-order valence-electron chi connectivity index (χ4n) is 2.00. The third kappa shape index (κ3) is 2.45. The smallest absolute Gasteiger partial charge is 0.265 e. The number of nitrogens with two attached hydrogens (primary N) is 1. The Balaban J connectivity index is 2.39. The molecule has 1 atom stereocenters. The molecule has 1 aromatic heterocycles. The summed E-state index contributed by atoms with van der Waals surface area (Å²) in [6.07, 6.45) is 0. The van der Waals surface area contributed by atoms with Gasteiger partial charge < -0.3 is 10.6 Å². The topological polar surface area (TPSA) is 70.1 Å². The fourth-order valence-corrected chi connectivity index (χ4v) is 3.13. The zero-order chi connectivity index (χ0) is 14.9. The summed E-state index contributed by atoms with van der Waals surface area (Å²) < 4.78 is 14.4. The van der Waals surface area contributed by atoms with Crippen molar-refractivity contribution in [2.24, 2.45) is 5.92 Å². The lowest BCUT2D eigenvalue weighted by Crippen LogP contribution is -2.30. The minimum atomic E-state index is -0.427. The number of hydrogen-bond acceptors (Lipinski definition) is 4. The van der Waals surface area contributed by atoms with Crippen LogP contribution < -0.4 is 5.73 Å². The molecule has 0 bridgehead atoms. The first-order chi connectivity index (χ1) is 9.45. The average Bonchev–Trinajstić information content (AvgIpc) is 2.76. The molecule has 104 valence electrons. The summed E-state index contributed by atoms with van der Waals surface area (Å²) in [6.45, 7) is 2.04. The first-order valence-electron chi connectivity index (χ1n) is 6.07. The summed E-state index contributed by atoms with van der Waals surface area (Å²) in [6, 6.07) is 6.71. The quantitative estimate of drug-likeness (QED) is 0.945. The van der Waals surface area contributed by atoms with Gasteiger partial charge in [0.05, 0.1) is 23.1 Å². The third-order valence-corrected chi connectivity index (χ3v) is 4.17. The summed E-state index contributed by atoms with van der Waals surface area (Å²) in [4.78, 5) is 14.1. The minimum Gasteiger partial charge on any atom is -0.397 e. The first kappa shape index (κ1) is 14.3. The lowest BCUT2D eigenvalue weighted by molar-refractivity contribution is 0.0791. The van der Waals surface area contributed by atoms with Gasteiger partial charge in [0.15, 0.2) is 0 Å². The van der Waals surface area contributed by atoms with Crippen molar-refractivity contribution < 1.29 is 9.18 Å². The molecule has 0 aliphatic carbocycles. The number of anilines is 1. The highest BCUT2D eigenvalue weighted by molar-refractivity contribution is 7.21. The van der Waals surface area contributed by atoms with Gasteiger partial charge in [-0.2, -0.15) is 5.26 Å². The molecule has 1 heterocycles. The number of benzene rings is 1. The van der Waals surface area contributed by atoms with Crippen LogP contribution in [0.15, 0.2) is 18.2 Å². The van der Waals surface area contributed by atoms with Crippen LogP contribution in [0.3, 0.4) is 0 Å². The van der Waals surface area contributed by atoms with Crippen LogP contribution in [0.25, 0.3) is 10.1 Å². The Morgan fingerprint density at radius 2 is 2.30 bits per heavy atom. The molecule has 2 aromatic rings. The van der Waals surface area contributed by atoms with Gasteiger partial charge in [0, 0.05) is 18.3 Å². The Bertz CT molecular complexity index is 704. The maximum atomic E-state index is 13.7. The Morgan fingerprint density at radius 1 is 1.60 bits per heavy atom. The standard InChI is InChI=1S/C14H14FN3OS/c1-8(6-16)7-18(2)14(19)13-12(17)11-9(15)4-3-5-10(11)20-13/h3-5,8H,7,17H2,1-2H3. The summed E-state index contributed by atoms with van der Waals surface area (Å²) in [7, 11) is 1.61. The van der Waals surface area contributed by atoms with Crippen molar-refractivity contribution >= 4 is 33.0 Å². The van der Waals surface area contributed by atoms with E-state index in [4.69, 9.17) is 11.0 Å². The Kier molecular flexibility index (Phi) is 3.91. The van der Waals surface area contributed by atoms with E-state index in [0.717, 1.165) is 0 Å². The van der Waals surface area contributed by atoms with E-state index in [0.29, 0.717) is 21.5 Å². The van der Waals surface area contributed by atoms with Crippen LogP contribution in [0, 0.1) is 23.1 Å². The van der Waals surface area contributed by atoms with Crippen LogP contribution in [0.2, 0.25) is 0 Å². The number of nitriles is 1. The van der Waals surface area contributed by atoms with Gasteiger partial charge in [0.2, 0.25) is 0 Å². The highest BCUT2D eigenvalue weighted by atomic mass is 32.1. The molecular formula is C14H14FN3OS. The first-order valence-corrected chi connectivity index (χ1v) is 6.89. The zero-order valence-corrected chi connectivity index (χ0v) is 12.0. The Hall–Kier alpha value is -2.13. The maximum absolute atomic E-state index is 13.7. The number of thiophene rings is 1. The van der Waals surface area contributed by atoms with Crippen LogP contribution in [0.4, 0.5) is 10.1 Å². The summed E-state index contributed by atoms with van der Waals surface area (Å²) in [5, 5.41) is 9.08. The number of nitrogen functional groups attached to an aromatic ring is 1. The third-order valence-electron chi connectivity index (χ3n) is 3.01. The van der Waals surface area contributed by atoms with Crippen LogP contribution in [-0.2, 0) is 0 Å². The summed E-state index contributed by atoms with van der Waals surface area (Å²) in [5.74, 6) is -0.982. The van der Waals surface area contributed by atoms with Crippen molar-refractivity contribution in [3.05, 3.63) is 28.9 Å². The van der Waals surface area contributed by atoms with Gasteiger partial charge in [-0.1, -0.05) is 6.07 Å². The highest BCUT2D eigenvalue weighted by Crippen LogP contribution is 2.35. The molecule has 0 spiro atoms. The molecule has 0 aliphatic rings. The number of amides is 1. The number of nitrogens with zero attached hydrogens (tertiary/aromatic N) is 2. The fraction of sp³-hybridized carbons (Fsp3) is 0.286. The molecule has 0 saturated heterocycles. The molecule has 0 radical (unpaired) electrons. The lowest BCUT2D eigenvalue weighted by Gasteiger charge is -2.17. The van der Waals surface area contributed by atoms with Crippen LogP contribution >= 0.6 is 11.3 Å². The van der Waals surface area contributed by atoms with Gasteiger partial charge >= 0.3 is 0 Å². The van der Waals surface area contributed by atoms with E-state index < -0.39 is 5.82 Å². The van der Waals surface area contributed by atoms with E-state index >= 15 is 0 Å². The summed E-state index contributed by atoms with van der Waals surface area (Å²) >= 11 is 1.17. The van der Waals surface area contributed by atoms with Crippen LogP contribution in [0.5, 0.6) is 0 Å². The predicted octanol–water partition coefficient (Wildman–Crippen LogP) is 2.85. The molecule has 0 saturated carbocycles. The molecular weight excluding hydrogens is 277 g/mol. The summed E-state index contributed by atoms with van der Waals surface area (Å²) in [5.41, 5.74) is 6.07. The molecule has 1 unspecified atom stereocenters. The van der Waals surface area contributed by atoms with Gasteiger partial charge in [-0.25, -0.2) is 4.39 Å². The predicted molar refractivity (Wildman–Crippen MR) is 77.9 cm³/mol. The van der Waals surface area contributed by atoms with Crippen molar-refractivity contribution in [1.29, 1.82) is 5.26 Å². The van der Waals surface area contributed by atoms with Crippen molar-refractivity contribution in [3.8, 4) is 6.07 Å². The van der Waals surface area contributed by atoms with Gasteiger partial charge in [0.1, 0.15) is 10.7 Å². The second kappa shape index (κ2) is 5.47. The normalized spacial score (nSPS) is 12.1. The van der Waals surface area contributed by atoms with Gasteiger partial charge in [0.25, 0.3) is 5.91 Å². The molecule has 2 N–H and O–H groups in total. The lowest BCUT2D eigenvalue weighted by atomic mass is 10.2. The minimum absolute atomic E-state index is 0.171. The SMILES string of the molecule is CC(C#N)CN(C)C(=O)c1sc2cccc(F)c2c1N. The molecule has 2 rings (SSSR count). The zero-order valence-electron chi connectivity index (χ0n) is 11.2. The van der Waals surface area contributed by atoms with Crippen LogP contribution in [-0.4, -0.2) is 24.4 Å². The second-order valence-electron chi connectivity index (χ2n) is 4.67. The van der Waals surface area contributed by atoms with Crippen molar-refractivity contribution in [3.63, 3.8) is 0 Å². The van der Waals surface area contributed by atoms with E-state index in [2.05, 4.69) is 6.07 Å². The molecule has 1 amide bonds. The largest absolute Gasteiger partial charge is 0.397 e. The maximum Gasteiger partial charge on any atom is 0.265 e. The highest BCUT2D eigenvalue weighted by Gasteiger charge is 2.22. The number of fused-ring (bicyclic) bond motifs is 1. The second-order valence-corrected chi connectivity index (χ2v) is 5.73. The number of halogens is 1. The number of rotatable bonds is 3. The van der Waals surface area contributed by atoms with Gasteiger partial charge in [-0.15, -0.1) is 11.3 Å². The molecule has 20 heavy (non-hydrogen) atoms. The number of hydrogen-bond donors (Lipinski definition) is 1. The van der Waals surface area contributed by atoms with Crippen molar-refractivity contribution in [2.45, 2.75) is 6.92 Å². The van der Waals surface area contributed by atoms with Crippen molar-refractivity contribution in [1.82, 2.24) is 4.90 Å². The molecule has 0 fully saturated rings. The molecule has 4 nitrogen and oxygen atoms in total. The number of carbonyl (C=O) groups is 1. The Labute approximate surface area is 120 Å². The van der Waals surface area contributed by atoms with Crippen LogP contribution in [0.1, 0.15) is 16.6 Å². The Morgan fingerprint density at radius 3 is 2.90 bits per heavy atom. The molecule has 1 aromatic carbocycles. The van der Waals surface area contributed by atoms with E-state index in [1.165, 1.54) is 22.3 Å². The molecule has 0 aliphatic heterocycles. The number of carbonyl (C=O) groups excluding carboxylic acids is 1.